The summed E-state index contributed by atoms with van der Waals surface area (Å²) in [6.07, 6.45) is 3.97. The Labute approximate surface area is 119 Å². The second kappa shape index (κ2) is 4.90. The van der Waals surface area contributed by atoms with Crippen molar-refractivity contribution in [1.29, 1.82) is 0 Å². The van der Waals surface area contributed by atoms with Crippen molar-refractivity contribution in [2.75, 3.05) is 5.32 Å². The van der Waals surface area contributed by atoms with Gasteiger partial charge in [0.1, 0.15) is 5.00 Å². The molecule has 1 saturated carbocycles. The number of fused-ring (bicyclic) bond motifs is 1. The highest BCUT2D eigenvalue weighted by molar-refractivity contribution is 7.19. The molecule has 0 bridgehead atoms. The molecule has 0 saturated heterocycles. The second-order valence-corrected chi connectivity index (χ2v) is 6.16. The number of amides is 2. The van der Waals surface area contributed by atoms with E-state index in [4.69, 9.17) is 10.9 Å². The van der Waals surface area contributed by atoms with E-state index in [-0.39, 0.29) is 11.8 Å². The number of hydrogen-bond acceptors (Lipinski definition) is 5. The number of nitrogens with two attached hydrogens (primary N) is 1. The smallest absolute Gasteiger partial charge is 0.252 e. The average Bonchev–Trinajstić information content (AvgIpc) is 3.19. The van der Waals surface area contributed by atoms with E-state index in [9.17, 15) is 9.59 Å². The third kappa shape index (κ3) is 2.18. The molecule has 0 aliphatic heterocycles. The molecule has 1 heterocycles. The molecule has 0 aromatic carbocycles. The molecule has 106 valence electrons. The van der Waals surface area contributed by atoms with Crippen molar-refractivity contribution in [3.8, 4) is 0 Å². The number of anilines is 1. The molecule has 0 radical (unpaired) electrons. The highest BCUT2D eigenvalue weighted by atomic mass is 32.1. The molecule has 6 nitrogen and oxygen atoms in total. The second-order valence-electron chi connectivity index (χ2n) is 5.14. The minimum absolute atomic E-state index is 0.0563. The first-order chi connectivity index (χ1) is 9.61. The lowest BCUT2D eigenvalue weighted by Crippen LogP contribution is -2.19. The predicted octanol–water partition coefficient (Wildman–Crippen LogP) is 1.71. The van der Waals surface area contributed by atoms with Crippen molar-refractivity contribution >= 4 is 33.9 Å². The molecule has 7 heteroatoms. The van der Waals surface area contributed by atoms with Crippen molar-refractivity contribution in [3.05, 3.63) is 16.0 Å². The standard InChI is InChI=1S/C13H15N3O3S/c14-11(17)9-7-2-1-3-8(16-19)10(7)20-13(9)15-12(18)6-4-5-6/h6,19H,1-5H2,(H2,14,17)(H,15,18)/b16-8-. The van der Waals surface area contributed by atoms with Crippen LogP contribution in [0.2, 0.25) is 0 Å². The number of rotatable bonds is 3. The largest absolute Gasteiger partial charge is 0.411 e. The van der Waals surface area contributed by atoms with Gasteiger partial charge in [0.05, 0.1) is 16.2 Å². The number of nitrogens with zero attached hydrogens (tertiary/aromatic N) is 1. The first kappa shape index (κ1) is 13.1. The summed E-state index contributed by atoms with van der Waals surface area (Å²) in [4.78, 5) is 24.3. The summed E-state index contributed by atoms with van der Waals surface area (Å²) in [5.74, 6) is -0.554. The predicted molar refractivity (Wildman–Crippen MR) is 75.5 cm³/mol. The van der Waals surface area contributed by atoms with Gasteiger partial charge in [0.2, 0.25) is 5.91 Å². The third-order valence-electron chi connectivity index (χ3n) is 3.66. The van der Waals surface area contributed by atoms with Gasteiger partial charge >= 0.3 is 0 Å². The Morgan fingerprint density at radius 1 is 1.35 bits per heavy atom. The molecule has 1 aromatic heterocycles. The van der Waals surface area contributed by atoms with Crippen molar-refractivity contribution in [2.24, 2.45) is 16.8 Å². The Hall–Kier alpha value is -1.89. The molecule has 4 N–H and O–H groups in total. The molecule has 0 unspecified atom stereocenters. The van der Waals surface area contributed by atoms with Crippen LogP contribution in [-0.4, -0.2) is 22.7 Å². The van der Waals surface area contributed by atoms with Gasteiger partial charge in [-0.1, -0.05) is 5.16 Å². The summed E-state index contributed by atoms with van der Waals surface area (Å²) in [5, 5.41) is 15.6. The number of carbonyl (C=O) groups excluding carboxylic acids is 2. The molecular formula is C13H15N3O3S. The van der Waals surface area contributed by atoms with Gasteiger partial charge in [-0.25, -0.2) is 0 Å². The van der Waals surface area contributed by atoms with Crippen LogP contribution in [0.5, 0.6) is 0 Å². The number of hydrogen-bond donors (Lipinski definition) is 3. The summed E-state index contributed by atoms with van der Waals surface area (Å²) in [6.45, 7) is 0. The maximum absolute atomic E-state index is 11.9. The topological polar surface area (TPSA) is 105 Å². The summed E-state index contributed by atoms with van der Waals surface area (Å²) in [6, 6.07) is 0. The van der Waals surface area contributed by atoms with Crippen molar-refractivity contribution in [2.45, 2.75) is 32.1 Å². The lowest BCUT2D eigenvalue weighted by Gasteiger charge is -2.12. The zero-order chi connectivity index (χ0) is 14.3. The first-order valence-electron chi connectivity index (χ1n) is 6.59. The van der Waals surface area contributed by atoms with Crippen LogP contribution in [0, 0.1) is 5.92 Å². The highest BCUT2D eigenvalue weighted by Gasteiger charge is 2.33. The Bertz CT molecular complexity index is 617. The van der Waals surface area contributed by atoms with Gasteiger partial charge in [0, 0.05) is 5.92 Å². The SMILES string of the molecule is NC(=O)c1c(NC(=O)C2CC2)sc2c1CCC/C2=N/O. The van der Waals surface area contributed by atoms with Crippen LogP contribution in [0.3, 0.4) is 0 Å². The van der Waals surface area contributed by atoms with E-state index in [2.05, 4.69) is 10.5 Å². The summed E-state index contributed by atoms with van der Waals surface area (Å²) >= 11 is 1.27. The summed E-state index contributed by atoms with van der Waals surface area (Å²) in [7, 11) is 0. The quantitative estimate of drug-likeness (QED) is 0.583. The molecule has 3 rings (SSSR count). The van der Waals surface area contributed by atoms with E-state index in [0.29, 0.717) is 29.1 Å². The normalized spacial score (nSPS) is 19.7. The molecule has 2 aliphatic rings. The van der Waals surface area contributed by atoms with Crippen LogP contribution in [0.15, 0.2) is 5.16 Å². The average molecular weight is 293 g/mol. The fraction of sp³-hybridized carbons (Fsp3) is 0.462. The minimum Gasteiger partial charge on any atom is -0.411 e. The molecule has 0 spiro atoms. The van der Waals surface area contributed by atoms with Gasteiger partial charge in [-0.05, 0) is 37.7 Å². The van der Waals surface area contributed by atoms with Crippen LogP contribution in [0.1, 0.15) is 46.5 Å². The zero-order valence-corrected chi connectivity index (χ0v) is 11.6. The monoisotopic (exact) mass is 293 g/mol. The van der Waals surface area contributed by atoms with E-state index in [0.717, 1.165) is 29.7 Å². The van der Waals surface area contributed by atoms with Crippen molar-refractivity contribution in [1.82, 2.24) is 0 Å². The highest BCUT2D eigenvalue weighted by Crippen LogP contribution is 2.39. The first-order valence-corrected chi connectivity index (χ1v) is 7.41. The van der Waals surface area contributed by atoms with Gasteiger partial charge in [0.15, 0.2) is 0 Å². The van der Waals surface area contributed by atoms with Crippen molar-refractivity contribution in [3.63, 3.8) is 0 Å². The molecule has 1 aromatic rings. The Morgan fingerprint density at radius 3 is 2.70 bits per heavy atom. The Morgan fingerprint density at radius 2 is 2.10 bits per heavy atom. The van der Waals surface area contributed by atoms with Gasteiger partial charge in [-0.3, -0.25) is 9.59 Å². The number of oxime groups is 1. The summed E-state index contributed by atoms with van der Waals surface area (Å²) < 4.78 is 0. The molecule has 2 amide bonds. The van der Waals surface area contributed by atoms with Gasteiger partial charge < -0.3 is 16.3 Å². The van der Waals surface area contributed by atoms with Crippen LogP contribution >= 0.6 is 11.3 Å². The number of nitrogens with one attached hydrogen (secondary N) is 1. The fourth-order valence-electron chi connectivity index (χ4n) is 2.49. The maximum Gasteiger partial charge on any atom is 0.252 e. The molecule has 0 atom stereocenters. The minimum atomic E-state index is -0.548. The third-order valence-corrected chi connectivity index (χ3v) is 4.86. The molecule has 1 fully saturated rings. The van der Waals surface area contributed by atoms with Crippen LogP contribution in [-0.2, 0) is 11.2 Å². The molecule has 20 heavy (non-hydrogen) atoms. The Balaban J connectivity index is 2.02. The molecular weight excluding hydrogens is 278 g/mol. The Kier molecular flexibility index (Phi) is 3.21. The maximum atomic E-state index is 11.9. The summed E-state index contributed by atoms with van der Waals surface area (Å²) in [5.41, 5.74) is 7.19. The lowest BCUT2D eigenvalue weighted by molar-refractivity contribution is -0.117. The van der Waals surface area contributed by atoms with Crippen LogP contribution in [0.4, 0.5) is 5.00 Å². The van der Waals surface area contributed by atoms with E-state index in [1.807, 2.05) is 0 Å². The molecule has 2 aliphatic carbocycles. The number of primary amides is 1. The van der Waals surface area contributed by atoms with E-state index in [1.165, 1.54) is 11.3 Å². The van der Waals surface area contributed by atoms with Crippen LogP contribution < -0.4 is 11.1 Å². The van der Waals surface area contributed by atoms with Gasteiger partial charge in [-0.2, -0.15) is 0 Å². The fourth-order valence-corrected chi connectivity index (χ4v) is 3.76. The van der Waals surface area contributed by atoms with E-state index < -0.39 is 5.91 Å². The van der Waals surface area contributed by atoms with Crippen LogP contribution in [0.25, 0.3) is 0 Å². The van der Waals surface area contributed by atoms with Crippen molar-refractivity contribution < 1.29 is 14.8 Å². The van der Waals surface area contributed by atoms with Gasteiger partial charge in [-0.15, -0.1) is 11.3 Å². The van der Waals surface area contributed by atoms with Gasteiger partial charge in [0.25, 0.3) is 5.91 Å². The number of thiophene rings is 1. The van der Waals surface area contributed by atoms with E-state index in [1.54, 1.807) is 0 Å². The lowest BCUT2D eigenvalue weighted by atomic mass is 9.94. The van der Waals surface area contributed by atoms with E-state index >= 15 is 0 Å². The number of carbonyl (C=O) groups is 2. The zero-order valence-electron chi connectivity index (χ0n) is 10.8.